The molecule has 1 amide bonds. The predicted molar refractivity (Wildman–Crippen MR) is 113 cm³/mol. The number of aliphatic hydroxyl groups is 2. The number of carbonyl (C=O) groups excluding carboxylic acids is 1. The third-order valence-corrected chi connectivity index (χ3v) is 7.12. The standard InChI is InChI=1S/C23H25ClN2O4/c24-30-8-4-7-25-14-19-16-9-20(27)21(28)11-17-10-18(22(25)29)26(19)23(17,13-16)12-15-5-2-1-3-6-15/h1-3,5-6,9,11,13,17-19,27-28H,4,7-8,10,12,14H2/b20-9+,21-11+/t17?,18-,19?,23?/m0/s1. The molecule has 5 rings (SSSR count). The van der Waals surface area contributed by atoms with Crippen LogP contribution in [0.4, 0.5) is 0 Å². The van der Waals surface area contributed by atoms with Gasteiger partial charge >= 0.3 is 0 Å². The minimum atomic E-state index is -0.391. The Balaban J connectivity index is 1.56. The zero-order valence-electron chi connectivity index (χ0n) is 16.6. The highest BCUT2D eigenvalue weighted by molar-refractivity contribution is 6.07. The van der Waals surface area contributed by atoms with E-state index in [1.807, 2.05) is 23.1 Å². The van der Waals surface area contributed by atoms with Crippen molar-refractivity contribution in [3.8, 4) is 0 Å². The summed E-state index contributed by atoms with van der Waals surface area (Å²) in [7, 11) is 0. The second-order valence-electron chi connectivity index (χ2n) is 8.61. The van der Waals surface area contributed by atoms with Gasteiger partial charge in [-0.1, -0.05) is 36.4 Å². The number of rotatable bonds is 6. The molecular formula is C23H25ClN2O4. The van der Waals surface area contributed by atoms with E-state index < -0.39 is 5.54 Å². The Kier molecular flexibility index (Phi) is 4.88. The average molecular weight is 429 g/mol. The van der Waals surface area contributed by atoms with Gasteiger partial charge < -0.3 is 15.1 Å². The summed E-state index contributed by atoms with van der Waals surface area (Å²) >= 11 is 5.34. The second-order valence-corrected chi connectivity index (χ2v) is 8.83. The number of fused-ring (bicyclic) bond motifs is 1. The first-order valence-corrected chi connectivity index (χ1v) is 10.7. The van der Waals surface area contributed by atoms with Crippen molar-refractivity contribution in [2.45, 2.75) is 36.9 Å². The molecule has 158 valence electrons. The van der Waals surface area contributed by atoms with Crippen LogP contribution in [0.1, 0.15) is 18.4 Å². The number of nitrogens with zero attached hydrogens (tertiary/aromatic N) is 2. The maximum atomic E-state index is 13.4. The molecule has 2 bridgehead atoms. The zero-order valence-corrected chi connectivity index (χ0v) is 17.3. The molecule has 4 atom stereocenters. The van der Waals surface area contributed by atoms with E-state index >= 15 is 0 Å². The summed E-state index contributed by atoms with van der Waals surface area (Å²) in [6.45, 7) is 1.54. The first-order valence-electron chi connectivity index (χ1n) is 10.4. The Morgan fingerprint density at radius 2 is 1.97 bits per heavy atom. The maximum Gasteiger partial charge on any atom is 0.240 e. The van der Waals surface area contributed by atoms with E-state index in [-0.39, 0.29) is 35.4 Å². The van der Waals surface area contributed by atoms with Gasteiger partial charge in [-0.05, 0) is 42.6 Å². The van der Waals surface area contributed by atoms with Crippen LogP contribution in [0.15, 0.2) is 65.7 Å². The molecule has 2 fully saturated rings. The minimum Gasteiger partial charge on any atom is -0.504 e. The molecule has 1 aliphatic carbocycles. The maximum absolute atomic E-state index is 13.4. The molecular weight excluding hydrogens is 404 g/mol. The number of carbonyl (C=O) groups is 1. The molecule has 0 saturated carbocycles. The van der Waals surface area contributed by atoms with Crippen LogP contribution < -0.4 is 0 Å². The molecule has 1 aromatic rings. The monoisotopic (exact) mass is 428 g/mol. The predicted octanol–water partition coefficient (Wildman–Crippen LogP) is 3.27. The van der Waals surface area contributed by atoms with E-state index in [1.165, 1.54) is 5.56 Å². The Hall–Kier alpha value is -2.28. The van der Waals surface area contributed by atoms with E-state index in [4.69, 9.17) is 11.9 Å². The molecule has 6 nitrogen and oxygen atoms in total. The Morgan fingerprint density at radius 1 is 1.17 bits per heavy atom. The summed E-state index contributed by atoms with van der Waals surface area (Å²) in [5, 5.41) is 20.8. The van der Waals surface area contributed by atoms with Crippen LogP contribution >= 0.6 is 11.9 Å². The molecule has 3 heterocycles. The highest BCUT2D eigenvalue weighted by atomic mass is 35.5. The van der Waals surface area contributed by atoms with Gasteiger partial charge in [0.05, 0.1) is 36.1 Å². The molecule has 3 aliphatic heterocycles. The molecule has 2 saturated heterocycles. The fraction of sp³-hybridized carbons (Fsp3) is 0.435. The van der Waals surface area contributed by atoms with E-state index in [2.05, 4.69) is 27.4 Å². The number of piperazine rings is 1. The van der Waals surface area contributed by atoms with Gasteiger partial charge in [0.2, 0.25) is 5.91 Å². The normalized spacial score (nSPS) is 35.9. The van der Waals surface area contributed by atoms with Crippen molar-refractivity contribution >= 4 is 17.8 Å². The summed E-state index contributed by atoms with van der Waals surface area (Å²) in [6, 6.07) is 9.99. The molecule has 0 aromatic heterocycles. The second kappa shape index (κ2) is 7.45. The highest BCUT2D eigenvalue weighted by Crippen LogP contribution is 2.53. The first-order chi connectivity index (χ1) is 14.5. The number of halogens is 1. The first kappa shape index (κ1) is 19.7. The molecule has 30 heavy (non-hydrogen) atoms. The van der Waals surface area contributed by atoms with E-state index in [0.29, 0.717) is 32.5 Å². The van der Waals surface area contributed by atoms with Crippen LogP contribution in [-0.2, 0) is 15.5 Å². The molecule has 3 unspecified atom stereocenters. The number of aliphatic hydroxyl groups excluding tert-OH is 2. The van der Waals surface area contributed by atoms with E-state index in [1.54, 1.807) is 12.2 Å². The van der Waals surface area contributed by atoms with Gasteiger partial charge in [0.1, 0.15) is 0 Å². The van der Waals surface area contributed by atoms with Gasteiger partial charge in [-0.3, -0.25) is 14.0 Å². The van der Waals surface area contributed by atoms with Gasteiger partial charge in [0.25, 0.3) is 0 Å². The Morgan fingerprint density at radius 3 is 2.73 bits per heavy atom. The van der Waals surface area contributed by atoms with Crippen LogP contribution in [0.3, 0.4) is 0 Å². The average Bonchev–Trinajstić information content (AvgIpc) is 3.20. The van der Waals surface area contributed by atoms with Gasteiger partial charge in [-0.15, -0.1) is 0 Å². The zero-order chi connectivity index (χ0) is 20.9. The van der Waals surface area contributed by atoms with Crippen molar-refractivity contribution in [2.24, 2.45) is 5.92 Å². The number of hydrogen-bond donors (Lipinski definition) is 2. The third-order valence-electron chi connectivity index (χ3n) is 6.97. The van der Waals surface area contributed by atoms with Crippen molar-refractivity contribution in [3.63, 3.8) is 0 Å². The smallest absolute Gasteiger partial charge is 0.240 e. The topological polar surface area (TPSA) is 73.2 Å². The summed E-state index contributed by atoms with van der Waals surface area (Å²) in [6.07, 6.45) is 7.67. The fourth-order valence-electron chi connectivity index (χ4n) is 5.76. The fourth-order valence-corrected chi connectivity index (χ4v) is 5.87. The van der Waals surface area contributed by atoms with Crippen LogP contribution in [0.25, 0.3) is 0 Å². The molecule has 7 heteroatoms. The molecule has 1 aromatic carbocycles. The summed E-state index contributed by atoms with van der Waals surface area (Å²) < 4.78 is 4.64. The van der Waals surface area contributed by atoms with Crippen molar-refractivity contribution < 1.29 is 19.3 Å². The van der Waals surface area contributed by atoms with E-state index in [9.17, 15) is 15.0 Å². The van der Waals surface area contributed by atoms with Crippen LogP contribution in [0.2, 0.25) is 0 Å². The third kappa shape index (κ3) is 2.97. The molecule has 4 aliphatic rings. The summed E-state index contributed by atoms with van der Waals surface area (Å²) in [4.78, 5) is 17.6. The lowest BCUT2D eigenvalue weighted by Crippen LogP contribution is -2.63. The van der Waals surface area contributed by atoms with Crippen LogP contribution in [0, 0.1) is 5.92 Å². The number of amides is 1. The van der Waals surface area contributed by atoms with Crippen LogP contribution in [0.5, 0.6) is 0 Å². The number of hydrogen-bond acceptors (Lipinski definition) is 5. The quantitative estimate of drug-likeness (QED) is 0.680. The minimum absolute atomic E-state index is 0.0141. The SMILES string of the molecule is O=C1[C@@H]2CC3/C=C(O)\C(O)=C/C4=CC3(Cc3ccccc3)N2C4CN1CCCOCl. The largest absolute Gasteiger partial charge is 0.504 e. The Bertz CT molecular complexity index is 944. The van der Waals surface area contributed by atoms with Crippen molar-refractivity contribution in [2.75, 3.05) is 19.7 Å². The number of benzene rings is 1. The highest BCUT2D eigenvalue weighted by Gasteiger charge is 2.62. The van der Waals surface area contributed by atoms with Gasteiger partial charge in [0, 0.05) is 19.0 Å². The van der Waals surface area contributed by atoms with E-state index in [0.717, 1.165) is 12.0 Å². The summed E-state index contributed by atoms with van der Waals surface area (Å²) in [5.41, 5.74) is 1.76. The van der Waals surface area contributed by atoms with Gasteiger partial charge in [0.15, 0.2) is 11.5 Å². The lowest BCUT2D eigenvalue weighted by atomic mass is 9.78. The molecule has 0 radical (unpaired) electrons. The molecule has 0 spiro atoms. The van der Waals surface area contributed by atoms with Gasteiger partial charge in [-0.25, -0.2) is 0 Å². The van der Waals surface area contributed by atoms with Gasteiger partial charge in [-0.2, -0.15) is 0 Å². The van der Waals surface area contributed by atoms with Crippen molar-refractivity contribution in [3.05, 3.63) is 71.2 Å². The summed E-state index contributed by atoms with van der Waals surface area (Å²) in [5.74, 6) is -0.169. The van der Waals surface area contributed by atoms with Crippen LogP contribution in [-0.4, -0.2) is 63.2 Å². The lowest BCUT2D eigenvalue weighted by Gasteiger charge is -2.46. The van der Waals surface area contributed by atoms with Crippen molar-refractivity contribution in [1.29, 1.82) is 0 Å². The Labute approximate surface area is 180 Å². The lowest BCUT2D eigenvalue weighted by molar-refractivity contribution is -0.144. The molecule has 2 N–H and O–H groups in total. The van der Waals surface area contributed by atoms with Crippen molar-refractivity contribution in [1.82, 2.24) is 9.80 Å².